The number of pyridine rings is 1. The molecule has 1 aromatic rings. The van der Waals surface area contributed by atoms with Crippen LogP contribution >= 0.6 is 0 Å². The zero-order valence-corrected chi connectivity index (χ0v) is 9.18. The predicted octanol–water partition coefficient (Wildman–Crippen LogP) is 1.83. The van der Waals surface area contributed by atoms with Gasteiger partial charge in [-0.1, -0.05) is 0 Å². The summed E-state index contributed by atoms with van der Waals surface area (Å²) in [4.78, 5) is 14.0. The summed E-state index contributed by atoms with van der Waals surface area (Å²) in [6.07, 6.45) is 2.27. The van der Waals surface area contributed by atoms with Gasteiger partial charge >= 0.3 is 0 Å². The Morgan fingerprint density at radius 1 is 1.62 bits per heavy atom. The molecule has 0 aromatic carbocycles. The fourth-order valence-electron chi connectivity index (χ4n) is 1.16. The Morgan fingerprint density at radius 3 is 3.12 bits per heavy atom. The van der Waals surface area contributed by atoms with Gasteiger partial charge in [0.25, 0.3) is 5.69 Å². The van der Waals surface area contributed by atoms with Gasteiger partial charge < -0.3 is 10.1 Å². The summed E-state index contributed by atoms with van der Waals surface area (Å²) < 4.78 is 5.16. The van der Waals surface area contributed by atoms with Crippen molar-refractivity contribution >= 4 is 11.5 Å². The van der Waals surface area contributed by atoms with Crippen molar-refractivity contribution < 1.29 is 9.66 Å². The first-order valence-corrected chi connectivity index (χ1v) is 5.16. The largest absolute Gasteiger partial charge is 0.382 e. The highest BCUT2D eigenvalue weighted by atomic mass is 16.6. The van der Waals surface area contributed by atoms with Crippen LogP contribution in [0.2, 0.25) is 0 Å². The molecule has 1 heterocycles. The van der Waals surface area contributed by atoms with Gasteiger partial charge in [-0.05, 0) is 13.3 Å². The second-order valence-electron chi connectivity index (χ2n) is 3.13. The average molecular weight is 225 g/mol. The highest BCUT2D eigenvalue weighted by Gasteiger charge is 2.05. The molecule has 0 radical (unpaired) electrons. The SMILES string of the molecule is CCOCCCNc1cc([N+](=O)[O-])ccn1. The van der Waals surface area contributed by atoms with Gasteiger partial charge in [0.1, 0.15) is 5.82 Å². The molecule has 0 atom stereocenters. The van der Waals surface area contributed by atoms with Crippen LogP contribution in [0.1, 0.15) is 13.3 Å². The van der Waals surface area contributed by atoms with Crippen molar-refractivity contribution in [1.82, 2.24) is 4.98 Å². The van der Waals surface area contributed by atoms with Gasteiger partial charge in [-0.15, -0.1) is 0 Å². The van der Waals surface area contributed by atoms with Crippen molar-refractivity contribution in [3.05, 3.63) is 28.4 Å². The smallest absolute Gasteiger partial charge is 0.274 e. The zero-order valence-electron chi connectivity index (χ0n) is 9.18. The molecular weight excluding hydrogens is 210 g/mol. The van der Waals surface area contributed by atoms with Crippen molar-refractivity contribution in [3.8, 4) is 0 Å². The van der Waals surface area contributed by atoms with E-state index in [0.29, 0.717) is 25.6 Å². The van der Waals surface area contributed by atoms with Crippen molar-refractivity contribution in [2.24, 2.45) is 0 Å². The van der Waals surface area contributed by atoms with E-state index >= 15 is 0 Å². The average Bonchev–Trinajstić information content (AvgIpc) is 2.29. The number of ether oxygens (including phenoxy) is 1. The molecule has 6 heteroatoms. The van der Waals surface area contributed by atoms with Crippen LogP contribution in [0.15, 0.2) is 18.3 Å². The van der Waals surface area contributed by atoms with Gasteiger partial charge in [-0.25, -0.2) is 4.98 Å². The van der Waals surface area contributed by atoms with E-state index in [2.05, 4.69) is 10.3 Å². The van der Waals surface area contributed by atoms with E-state index in [9.17, 15) is 10.1 Å². The monoisotopic (exact) mass is 225 g/mol. The lowest BCUT2D eigenvalue weighted by molar-refractivity contribution is -0.384. The van der Waals surface area contributed by atoms with Gasteiger partial charge in [-0.3, -0.25) is 10.1 Å². The van der Waals surface area contributed by atoms with Crippen LogP contribution in [-0.4, -0.2) is 29.7 Å². The van der Waals surface area contributed by atoms with Crippen molar-refractivity contribution in [3.63, 3.8) is 0 Å². The van der Waals surface area contributed by atoms with Crippen LogP contribution in [-0.2, 0) is 4.74 Å². The summed E-state index contributed by atoms with van der Waals surface area (Å²) >= 11 is 0. The molecule has 0 aliphatic carbocycles. The standard InChI is InChI=1S/C10H15N3O3/c1-2-16-7-3-5-11-10-8-9(13(14)15)4-6-12-10/h4,6,8H,2-3,5,7H2,1H3,(H,11,12). The fourth-order valence-corrected chi connectivity index (χ4v) is 1.16. The summed E-state index contributed by atoms with van der Waals surface area (Å²) in [7, 11) is 0. The third kappa shape index (κ3) is 4.22. The Morgan fingerprint density at radius 2 is 2.44 bits per heavy atom. The number of aromatic nitrogens is 1. The molecule has 1 aromatic heterocycles. The third-order valence-corrected chi connectivity index (χ3v) is 1.93. The van der Waals surface area contributed by atoms with Gasteiger partial charge in [0, 0.05) is 32.0 Å². The van der Waals surface area contributed by atoms with E-state index in [-0.39, 0.29) is 5.69 Å². The lowest BCUT2D eigenvalue weighted by Gasteiger charge is -2.04. The Hall–Kier alpha value is -1.69. The number of hydrogen-bond acceptors (Lipinski definition) is 5. The van der Waals surface area contributed by atoms with E-state index in [0.717, 1.165) is 6.42 Å². The van der Waals surface area contributed by atoms with Crippen LogP contribution in [0, 0.1) is 10.1 Å². The molecule has 0 bridgehead atoms. The van der Waals surface area contributed by atoms with Crippen LogP contribution in [0.4, 0.5) is 11.5 Å². The lowest BCUT2D eigenvalue weighted by Crippen LogP contribution is -2.07. The second kappa shape index (κ2) is 6.73. The Labute approximate surface area is 93.8 Å². The maximum absolute atomic E-state index is 10.5. The summed E-state index contributed by atoms with van der Waals surface area (Å²) in [5, 5.41) is 13.5. The van der Waals surface area contributed by atoms with Crippen LogP contribution in [0.3, 0.4) is 0 Å². The quantitative estimate of drug-likeness (QED) is 0.435. The van der Waals surface area contributed by atoms with E-state index in [4.69, 9.17) is 4.74 Å². The number of nitrogens with one attached hydrogen (secondary N) is 1. The maximum Gasteiger partial charge on any atom is 0.274 e. The van der Waals surface area contributed by atoms with Crippen LogP contribution in [0.5, 0.6) is 0 Å². The highest BCUT2D eigenvalue weighted by Crippen LogP contribution is 2.13. The van der Waals surface area contributed by atoms with E-state index < -0.39 is 4.92 Å². The molecule has 0 saturated carbocycles. The summed E-state index contributed by atoms with van der Waals surface area (Å²) in [5.41, 5.74) is 0.0438. The van der Waals surface area contributed by atoms with Crippen LogP contribution in [0.25, 0.3) is 0 Å². The molecule has 0 fully saturated rings. The first kappa shape index (κ1) is 12.4. The number of anilines is 1. The lowest BCUT2D eigenvalue weighted by atomic mass is 10.4. The number of nitrogens with zero attached hydrogens (tertiary/aromatic N) is 2. The Bertz CT molecular complexity index is 344. The number of hydrogen-bond donors (Lipinski definition) is 1. The molecule has 0 aliphatic heterocycles. The van der Waals surface area contributed by atoms with Gasteiger partial charge in [0.2, 0.25) is 0 Å². The minimum Gasteiger partial charge on any atom is -0.382 e. The molecule has 0 unspecified atom stereocenters. The summed E-state index contributed by atoms with van der Waals surface area (Å²) in [5.74, 6) is 0.519. The second-order valence-corrected chi connectivity index (χ2v) is 3.13. The van der Waals surface area contributed by atoms with Crippen molar-refractivity contribution in [2.75, 3.05) is 25.1 Å². The van der Waals surface area contributed by atoms with Crippen LogP contribution < -0.4 is 5.32 Å². The molecule has 0 saturated heterocycles. The Balaban J connectivity index is 2.36. The number of nitro groups is 1. The van der Waals surface area contributed by atoms with E-state index in [1.54, 1.807) is 0 Å². The normalized spacial score (nSPS) is 10.1. The molecule has 88 valence electrons. The maximum atomic E-state index is 10.5. The van der Waals surface area contributed by atoms with E-state index in [1.807, 2.05) is 6.92 Å². The van der Waals surface area contributed by atoms with Gasteiger partial charge in [0.15, 0.2) is 0 Å². The highest BCUT2D eigenvalue weighted by molar-refractivity contribution is 5.43. The first-order valence-electron chi connectivity index (χ1n) is 5.16. The van der Waals surface area contributed by atoms with Crippen molar-refractivity contribution in [1.29, 1.82) is 0 Å². The molecule has 0 aliphatic rings. The van der Waals surface area contributed by atoms with Gasteiger partial charge in [0.05, 0.1) is 11.0 Å². The predicted molar refractivity (Wildman–Crippen MR) is 60.5 cm³/mol. The van der Waals surface area contributed by atoms with E-state index in [1.165, 1.54) is 18.3 Å². The molecule has 0 spiro atoms. The zero-order chi connectivity index (χ0) is 11.8. The van der Waals surface area contributed by atoms with Crippen molar-refractivity contribution in [2.45, 2.75) is 13.3 Å². The summed E-state index contributed by atoms with van der Waals surface area (Å²) in [6.45, 7) is 4.01. The topological polar surface area (TPSA) is 77.3 Å². The fraction of sp³-hybridized carbons (Fsp3) is 0.500. The Kier molecular flexibility index (Phi) is 5.21. The molecule has 0 amide bonds. The van der Waals surface area contributed by atoms with Gasteiger partial charge in [-0.2, -0.15) is 0 Å². The molecule has 1 rings (SSSR count). The molecule has 1 N–H and O–H groups in total. The summed E-state index contributed by atoms with van der Waals surface area (Å²) in [6, 6.07) is 2.78. The third-order valence-electron chi connectivity index (χ3n) is 1.93. The molecule has 6 nitrogen and oxygen atoms in total. The molecular formula is C10H15N3O3. The first-order chi connectivity index (χ1) is 7.74. The minimum atomic E-state index is -0.437. The minimum absolute atomic E-state index is 0.0438. The number of rotatable bonds is 7. The molecule has 16 heavy (non-hydrogen) atoms.